The molecule has 0 radical (unpaired) electrons. The van der Waals surface area contributed by atoms with Crippen LogP contribution < -0.4 is 19.6 Å². The molecule has 0 saturated heterocycles. The number of amides is 1. The van der Waals surface area contributed by atoms with Crippen molar-refractivity contribution in [1.82, 2.24) is 10.4 Å². The summed E-state index contributed by atoms with van der Waals surface area (Å²) < 4.78 is 16.0. The van der Waals surface area contributed by atoms with Gasteiger partial charge in [0.2, 0.25) is 0 Å². The summed E-state index contributed by atoms with van der Waals surface area (Å²) in [7, 11) is 3.15. The molecule has 0 unspecified atom stereocenters. The Morgan fingerprint density at radius 2 is 1.89 bits per heavy atom. The molecule has 7 heteroatoms. The minimum absolute atomic E-state index is 0.352. The SMILES string of the molecule is CCOc1ccc(C=NNC(=O)c2cc3c(OC)cc(OC)cc3[nH]2)cc1. The molecule has 1 heterocycles. The molecule has 1 aromatic heterocycles. The van der Waals surface area contributed by atoms with Crippen LogP contribution >= 0.6 is 0 Å². The van der Waals surface area contributed by atoms with Gasteiger partial charge in [-0.15, -0.1) is 0 Å². The molecule has 0 spiro atoms. The summed E-state index contributed by atoms with van der Waals surface area (Å²) in [5.41, 5.74) is 4.48. The third kappa shape index (κ3) is 4.20. The van der Waals surface area contributed by atoms with E-state index in [1.165, 1.54) is 0 Å². The number of fused-ring (bicyclic) bond motifs is 1. The number of hydrazone groups is 1. The van der Waals surface area contributed by atoms with Gasteiger partial charge in [-0.25, -0.2) is 5.43 Å². The van der Waals surface area contributed by atoms with Gasteiger partial charge in [-0.05, 0) is 42.8 Å². The van der Waals surface area contributed by atoms with Gasteiger partial charge in [0.15, 0.2) is 0 Å². The van der Waals surface area contributed by atoms with Crippen molar-refractivity contribution in [2.45, 2.75) is 6.92 Å². The number of hydrogen-bond donors (Lipinski definition) is 2. The summed E-state index contributed by atoms with van der Waals surface area (Å²) in [5, 5.41) is 4.79. The van der Waals surface area contributed by atoms with Crippen LogP contribution in [0.3, 0.4) is 0 Å². The highest BCUT2D eigenvalue weighted by atomic mass is 16.5. The monoisotopic (exact) mass is 367 g/mol. The van der Waals surface area contributed by atoms with Gasteiger partial charge in [0.1, 0.15) is 22.9 Å². The van der Waals surface area contributed by atoms with Gasteiger partial charge >= 0.3 is 0 Å². The zero-order valence-electron chi connectivity index (χ0n) is 15.4. The van der Waals surface area contributed by atoms with Crippen molar-refractivity contribution in [1.29, 1.82) is 0 Å². The number of rotatable bonds is 7. The number of nitrogens with one attached hydrogen (secondary N) is 2. The molecule has 0 atom stereocenters. The van der Waals surface area contributed by atoms with E-state index in [0.717, 1.165) is 22.2 Å². The lowest BCUT2D eigenvalue weighted by atomic mass is 10.2. The van der Waals surface area contributed by atoms with E-state index in [2.05, 4.69) is 15.5 Å². The lowest BCUT2D eigenvalue weighted by molar-refractivity contribution is 0.0951. The number of aromatic nitrogens is 1. The highest BCUT2D eigenvalue weighted by molar-refractivity contribution is 6.00. The average Bonchev–Trinajstić information content (AvgIpc) is 3.13. The Morgan fingerprint density at radius 1 is 1.11 bits per heavy atom. The molecule has 140 valence electrons. The summed E-state index contributed by atoms with van der Waals surface area (Å²) in [6.07, 6.45) is 1.57. The molecule has 7 nitrogen and oxygen atoms in total. The number of hydrogen-bond acceptors (Lipinski definition) is 5. The molecule has 3 rings (SSSR count). The Labute approximate surface area is 156 Å². The van der Waals surface area contributed by atoms with Crippen LogP contribution in [0, 0.1) is 0 Å². The minimum atomic E-state index is -0.352. The number of carbonyl (C=O) groups excluding carboxylic acids is 1. The summed E-state index contributed by atoms with van der Waals surface area (Å²) in [5.74, 6) is 1.70. The van der Waals surface area contributed by atoms with Crippen molar-refractivity contribution in [3.05, 3.63) is 53.7 Å². The molecule has 1 amide bonds. The van der Waals surface area contributed by atoms with Gasteiger partial charge < -0.3 is 19.2 Å². The van der Waals surface area contributed by atoms with E-state index >= 15 is 0 Å². The van der Waals surface area contributed by atoms with E-state index in [1.54, 1.807) is 38.6 Å². The van der Waals surface area contributed by atoms with Gasteiger partial charge in [-0.2, -0.15) is 5.10 Å². The first-order valence-corrected chi connectivity index (χ1v) is 8.45. The van der Waals surface area contributed by atoms with E-state index in [4.69, 9.17) is 14.2 Å². The first kappa shape index (κ1) is 18.3. The molecule has 0 fully saturated rings. The Morgan fingerprint density at radius 3 is 2.56 bits per heavy atom. The lowest BCUT2D eigenvalue weighted by Crippen LogP contribution is -2.17. The summed E-state index contributed by atoms with van der Waals surface area (Å²) in [4.78, 5) is 15.4. The van der Waals surface area contributed by atoms with E-state index < -0.39 is 0 Å². The van der Waals surface area contributed by atoms with Crippen molar-refractivity contribution >= 4 is 23.0 Å². The van der Waals surface area contributed by atoms with Crippen LogP contribution in [0.25, 0.3) is 10.9 Å². The molecule has 0 saturated carbocycles. The number of H-pyrrole nitrogens is 1. The van der Waals surface area contributed by atoms with Crippen molar-refractivity contribution < 1.29 is 19.0 Å². The predicted octanol–water partition coefficient (Wildman–Crippen LogP) is 3.35. The first-order chi connectivity index (χ1) is 13.1. The van der Waals surface area contributed by atoms with Crippen LogP contribution in [0.5, 0.6) is 17.2 Å². The van der Waals surface area contributed by atoms with Gasteiger partial charge in [0.05, 0.1) is 32.6 Å². The molecule has 0 aliphatic rings. The van der Waals surface area contributed by atoms with Gasteiger partial charge in [-0.3, -0.25) is 4.79 Å². The largest absolute Gasteiger partial charge is 0.497 e. The van der Waals surface area contributed by atoms with E-state index in [9.17, 15) is 4.79 Å². The second kappa shape index (κ2) is 8.27. The summed E-state index contributed by atoms with van der Waals surface area (Å²) in [6.45, 7) is 2.55. The third-order valence-electron chi connectivity index (χ3n) is 3.94. The quantitative estimate of drug-likeness (QED) is 0.495. The van der Waals surface area contributed by atoms with E-state index in [1.807, 2.05) is 31.2 Å². The Kier molecular flexibility index (Phi) is 5.61. The van der Waals surface area contributed by atoms with Crippen molar-refractivity contribution in [3.63, 3.8) is 0 Å². The van der Waals surface area contributed by atoms with Crippen LogP contribution in [0.2, 0.25) is 0 Å². The topological polar surface area (TPSA) is 84.9 Å². The fourth-order valence-corrected chi connectivity index (χ4v) is 2.63. The molecular weight excluding hydrogens is 346 g/mol. The molecule has 2 aromatic carbocycles. The predicted molar refractivity (Wildman–Crippen MR) is 104 cm³/mol. The number of carbonyl (C=O) groups is 1. The van der Waals surface area contributed by atoms with Crippen LogP contribution in [0.4, 0.5) is 0 Å². The number of benzene rings is 2. The molecule has 3 aromatic rings. The lowest BCUT2D eigenvalue weighted by Gasteiger charge is -2.04. The molecule has 0 aliphatic carbocycles. The molecule has 2 N–H and O–H groups in total. The van der Waals surface area contributed by atoms with Crippen LogP contribution in [0.1, 0.15) is 23.0 Å². The van der Waals surface area contributed by atoms with E-state index in [0.29, 0.717) is 23.8 Å². The van der Waals surface area contributed by atoms with Gasteiger partial charge in [-0.1, -0.05) is 0 Å². The second-order valence-corrected chi connectivity index (χ2v) is 5.68. The maximum Gasteiger partial charge on any atom is 0.287 e. The summed E-state index contributed by atoms with van der Waals surface area (Å²) >= 11 is 0. The maximum absolute atomic E-state index is 12.3. The average molecular weight is 367 g/mol. The fraction of sp³-hybridized carbons (Fsp3) is 0.200. The zero-order chi connectivity index (χ0) is 19.2. The Balaban J connectivity index is 1.72. The number of aromatic amines is 1. The van der Waals surface area contributed by atoms with Crippen LogP contribution in [0.15, 0.2) is 47.6 Å². The minimum Gasteiger partial charge on any atom is -0.497 e. The maximum atomic E-state index is 12.3. The molecular formula is C20H21N3O4. The number of ether oxygens (including phenoxy) is 3. The molecule has 27 heavy (non-hydrogen) atoms. The normalized spacial score (nSPS) is 10.9. The smallest absolute Gasteiger partial charge is 0.287 e. The van der Waals surface area contributed by atoms with Gasteiger partial charge in [0.25, 0.3) is 5.91 Å². The van der Waals surface area contributed by atoms with Crippen molar-refractivity contribution in [2.75, 3.05) is 20.8 Å². The number of nitrogens with zero attached hydrogens (tertiary/aromatic N) is 1. The van der Waals surface area contributed by atoms with Gasteiger partial charge in [0, 0.05) is 17.5 Å². The van der Waals surface area contributed by atoms with Crippen LogP contribution in [-0.4, -0.2) is 37.9 Å². The second-order valence-electron chi connectivity index (χ2n) is 5.68. The standard InChI is InChI=1S/C20H21N3O4/c1-4-27-14-7-5-13(6-8-14)12-21-23-20(24)18-11-16-17(22-18)9-15(25-2)10-19(16)26-3/h5-12,22H,4H2,1-3H3,(H,23,24). The molecule has 0 bridgehead atoms. The van der Waals surface area contributed by atoms with E-state index in [-0.39, 0.29) is 5.91 Å². The van der Waals surface area contributed by atoms with Crippen LogP contribution in [-0.2, 0) is 0 Å². The fourth-order valence-electron chi connectivity index (χ4n) is 2.63. The molecule has 0 aliphatic heterocycles. The Hall–Kier alpha value is -3.48. The number of methoxy groups -OCH3 is 2. The first-order valence-electron chi connectivity index (χ1n) is 8.45. The highest BCUT2D eigenvalue weighted by Gasteiger charge is 2.13. The zero-order valence-corrected chi connectivity index (χ0v) is 15.4. The summed E-state index contributed by atoms with van der Waals surface area (Å²) in [6, 6.07) is 12.7. The van der Waals surface area contributed by atoms with Crippen molar-refractivity contribution in [3.8, 4) is 17.2 Å². The Bertz CT molecular complexity index is 961. The van der Waals surface area contributed by atoms with Crippen molar-refractivity contribution in [2.24, 2.45) is 5.10 Å². The highest BCUT2D eigenvalue weighted by Crippen LogP contribution is 2.31. The third-order valence-corrected chi connectivity index (χ3v) is 3.94.